The predicted molar refractivity (Wildman–Crippen MR) is 66.3 cm³/mol. The Labute approximate surface area is 107 Å². The van der Waals surface area contributed by atoms with Gasteiger partial charge in [0.25, 0.3) is 0 Å². The van der Waals surface area contributed by atoms with Gasteiger partial charge in [0.05, 0.1) is 23.1 Å². The Kier molecular flexibility index (Phi) is 3.79. The van der Waals surface area contributed by atoms with Gasteiger partial charge in [0.2, 0.25) is 5.91 Å². The van der Waals surface area contributed by atoms with Gasteiger partial charge in [-0.1, -0.05) is 0 Å². The van der Waals surface area contributed by atoms with Crippen LogP contribution in [0.2, 0.25) is 0 Å². The summed E-state index contributed by atoms with van der Waals surface area (Å²) in [5, 5.41) is 2.69. The third kappa shape index (κ3) is 3.04. The molecule has 92 valence electrons. The van der Waals surface area contributed by atoms with Crippen LogP contribution in [0.3, 0.4) is 0 Å². The van der Waals surface area contributed by atoms with Crippen molar-refractivity contribution in [1.29, 1.82) is 0 Å². The Morgan fingerprint density at radius 2 is 2.35 bits per heavy atom. The Morgan fingerprint density at radius 3 is 2.94 bits per heavy atom. The summed E-state index contributed by atoms with van der Waals surface area (Å²) >= 11 is 3.06. The second-order valence-corrected chi connectivity index (χ2v) is 5.05. The Balaban J connectivity index is 2.00. The van der Waals surface area contributed by atoms with Crippen LogP contribution in [0.1, 0.15) is 13.3 Å². The van der Waals surface area contributed by atoms with Gasteiger partial charge < -0.3 is 10.1 Å². The van der Waals surface area contributed by atoms with E-state index in [0.29, 0.717) is 23.2 Å². The van der Waals surface area contributed by atoms with E-state index in [2.05, 4.69) is 21.2 Å². The highest BCUT2D eigenvalue weighted by atomic mass is 79.9. The van der Waals surface area contributed by atoms with E-state index in [1.165, 1.54) is 6.07 Å². The lowest BCUT2D eigenvalue weighted by molar-refractivity contribution is -0.119. The first-order chi connectivity index (χ1) is 8.06. The first-order valence-corrected chi connectivity index (χ1v) is 6.23. The lowest BCUT2D eigenvalue weighted by Crippen LogP contribution is -2.23. The molecule has 1 N–H and O–H groups in total. The maximum absolute atomic E-state index is 13.2. The summed E-state index contributed by atoms with van der Waals surface area (Å²) < 4.78 is 19.0. The zero-order valence-corrected chi connectivity index (χ0v) is 11.0. The lowest BCUT2D eigenvalue weighted by atomic mass is 10.1. The predicted octanol–water partition coefficient (Wildman–Crippen LogP) is 2.95. The summed E-state index contributed by atoms with van der Waals surface area (Å²) in [4.78, 5) is 11.8. The molecular weight excluding hydrogens is 289 g/mol. The summed E-state index contributed by atoms with van der Waals surface area (Å²) in [6.45, 7) is 2.37. The van der Waals surface area contributed by atoms with Crippen molar-refractivity contribution in [2.24, 2.45) is 5.92 Å². The van der Waals surface area contributed by atoms with Crippen LogP contribution < -0.4 is 5.32 Å². The van der Waals surface area contributed by atoms with Crippen molar-refractivity contribution in [3.05, 3.63) is 28.5 Å². The number of rotatable bonds is 2. The minimum Gasteiger partial charge on any atom is -0.378 e. The second kappa shape index (κ2) is 5.14. The maximum atomic E-state index is 13.2. The molecule has 17 heavy (non-hydrogen) atoms. The number of amides is 1. The molecule has 2 atom stereocenters. The van der Waals surface area contributed by atoms with Gasteiger partial charge in [-0.15, -0.1) is 0 Å². The number of carbonyl (C=O) groups is 1. The second-order valence-electron chi connectivity index (χ2n) is 4.19. The average Bonchev–Trinajstić information content (AvgIpc) is 2.70. The van der Waals surface area contributed by atoms with Crippen molar-refractivity contribution < 1.29 is 13.9 Å². The fourth-order valence-corrected chi connectivity index (χ4v) is 2.06. The van der Waals surface area contributed by atoms with Crippen LogP contribution in [0.15, 0.2) is 22.7 Å². The third-order valence-corrected chi connectivity index (χ3v) is 3.40. The monoisotopic (exact) mass is 301 g/mol. The lowest BCUT2D eigenvalue weighted by Gasteiger charge is -2.09. The molecule has 1 aromatic rings. The van der Waals surface area contributed by atoms with Gasteiger partial charge in [-0.05, 0) is 47.5 Å². The summed E-state index contributed by atoms with van der Waals surface area (Å²) in [5.41, 5.74) is 0.468. The SMILES string of the molecule is CC1CC(C(=O)Nc2ccc(Br)c(F)c2)CO1. The van der Waals surface area contributed by atoms with E-state index >= 15 is 0 Å². The Bertz CT molecular complexity index is 439. The first kappa shape index (κ1) is 12.5. The molecule has 0 saturated carbocycles. The molecule has 2 rings (SSSR count). The van der Waals surface area contributed by atoms with Crippen molar-refractivity contribution in [2.75, 3.05) is 11.9 Å². The fourth-order valence-electron chi connectivity index (χ4n) is 1.82. The molecule has 0 aromatic heterocycles. The molecule has 0 radical (unpaired) electrons. The minimum atomic E-state index is -0.390. The zero-order chi connectivity index (χ0) is 12.4. The van der Waals surface area contributed by atoms with Crippen LogP contribution in [0.4, 0.5) is 10.1 Å². The largest absolute Gasteiger partial charge is 0.378 e. The standard InChI is InChI=1S/C12H13BrFNO2/c1-7-4-8(6-17-7)12(16)15-9-2-3-10(13)11(14)5-9/h2-3,5,7-8H,4,6H2,1H3,(H,15,16). The number of nitrogens with one attached hydrogen (secondary N) is 1. The van der Waals surface area contributed by atoms with Crippen LogP contribution in [-0.2, 0) is 9.53 Å². The minimum absolute atomic E-state index is 0.115. The molecule has 1 aromatic carbocycles. The van der Waals surface area contributed by atoms with Gasteiger partial charge in [-0.2, -0.15) is 0 Å². The first-order valence-electron chi connectivity index (χ1n) is 5.44. The average molecular weight is 302 g/mol. The fraction of sp³-hybridized carbons (Fsp3) is 0.417. The highest BCUT2D eigenvalue weighted by Gasteiger charge is 2.28. The molecule has 5 heteroatoms. The molecule has 1 aliphatic rings. The van der Waals surface area contributed by atoms with Crippen molar-refractivity contribution >= 4 is 27.5 Å². The Hall–Kier alpha value is -0.940. The highest BCUT2D eigenvalue weighted by Crippen LogP contribution is 2.23. The molecule has 1 fully saturated rings. The molecule has 1 heterocycles. The number of benzene rings is 1. The number of halogens is 2. The van der Waals surface area contributed by atoms with Gasteiger partial charge in [0.15, 0.2) is 0 Å². The molecule has 2 unspecified atom stereocenters. The van der Waals surface area contributed by atoms with Crippen LogP contribution in [0.5, 0.6) is 0 Å². The molecule has 1 saturated heterocycles. The quantitative estimate of drug-likeness (QED) is 0.912. The van der Waals surface area contributed by atoms with E-state index in [-0.39, 0.29) is 23.7 Å². The third-order valence-electron chi connectivity index (χ3n) is 2.76. The summed E-state index contributed by atoms with van der Waals surface area (Å²) in [5.74, 6) is -0.647. The number of hydrogen-bond acceptors (Lipinski definition) is 2. The van der Waals surface area contributed by atoms with E-state index in [1.807, 2.05) is 6.92 Å². The van der Waals surface area contributed by atoms with Crippen molar-refractivity contribution in [2.45, 2.75) is 19.4 Å². The molecule has 3 nitrogen and oxygen atoms in total. The van der Waals surface area contributed by atoms with E-state index < -0.39 is 0 Å². The maximum Gasteiger partial charge on any atom is 0.229 e. The van der Waals surface area contributed by atoms with Crippen LogP contribution in [0, 0.1) is 11.7 Å². The van der Waals surface area contributed by atoms with E-state index in [4.69, 9.17) is 4.74 Å². The van der Waals surface area contributed by atoms with E-state index in [1.54, 1.807) is 12.1 Å². The molecule has 1 amide bonds. The van der Waals surface area contributed by atoms with Gasteiger partial charge in [0.1, 0.15) is 5.82 Å². The smallest absolute Gasteiger partial charge is 0.229 e. The number of hydrogen-bond donors (Lipinski definition) is 1. The summed E-state index contributed by atoms with van der Waals surface area (Å²) in [7, 11) is 0. The van der Waals surface area contributed by atoms with Gasteiger partial charge in [-0.3, -0.25) is 4.79 Å². The molecule has 1 aliphatic heterocycles. The van der Waals surface area contributed by atoms with Crippen molar-refractivity contribution in [3.8, 4) is 0 Å². The van der Waals surface area contributed by atoms with E-state index in [0.717, 1.165) is 0 Å². The van der Waals surface area contributed by atoms with Crippen LogP contribution in [-0.4, -0.2) is 18.6 Å². The highest BCUT2D eigenvalue weighted by molar-refractivity contribution is 9.10. The summed E-state index contributed by atoms with van der Waals surface area (Å²) in [6, 6.07) is 4.52. The van der Waals surface area contributed by atoms with Crippen LogP contribution >= 0.6 is 15.9 Å². The van der Waals surface area contributed by atoms with Crippen molar-refractivity contribution in [1.82, 2.24) is 0 Å². The van der Waals surface area contributed by atoms with Gasteiger partial charge in [-0.25, -0.2) is 4.39 Å². The zero-order valence-electron chi connectivity index (χ0n) is 9.37. The molecular formula is C12H13BrFNO2. The topological polar surface area (TPSA) is 38.3 Å². The van der Waals surface area contributed by atoms with Crippen molar-refractivity contribution in [3.63, 3.8) is 0 Å². The Morgan fingerprint density at radius 1 is 1.59 bits per heavy atom. The molecule has 0 aliphatic carbocycles. The van der Waals surface area contributed by atoms with E-state index in [9.17, 15) is 9.18 Å². The summed E-state index contributed by atoms with van der Waals surface area (Å²) in [6.07, 6.45) is 0.831. The van der Waals surface area contributed by atoms with Gasteiger partial charge in [0, 0.05) is 5.69 Å². The molecule has 0 bridgehead atoms. The number of ether oxygens (including phenoxy) is 1. The molecule has 0 spiro atoms. The van der Waals surface area contributed by atoms with Crippen LogP contribution in [0.25, 0.3) is 0 Å². The van der Waals surface area contributed by atoms with Gasteiger partial charge >= 0.3 is 0 Å². The number of carbonyl (C=O) groups excluding carboxylic acids is 1. The normalized spacial score (nSPS) is 23.7. The number of anilines is 1.